The van der Waals surface area contributed by atoms with Crippen molar-refractivity contribution >= 4 is 11.7 Å². The van der Waals surface area contributed by atoms with E-state index in [1.165, 1.54) is 12.1 Å². The number of nitrogens with zero attached hydrogens (tertiary/aromatic N) is 1. The van der Waals surface area contributed by atoms with Crippen LogP contribution < -0.4 is 10.2 Å². The Hall–Kier alpha value is -1.62. The molecule has 0 aliphatic carbocycles. The third-order valence-corrected chi connectivity index (χ3v) is 3.45. The number of benzene rings is 1. The molecule has 5 heteroatoms. The number of nitrogens with one attached hydrogen (secondary N) is 1. The Balaban J connectivity index is 2.36. The fourth-order valence-electron chi connectivity index (χ4n) is 2.77. The van der Waals surface area contributed by atoms with Crippen LogP contribution in [0, 0.1) is 5.82 Å². The molecule has 0 saturated carbocycles. The lowest BCUT2D eigenvalue weighted by molar-refractivity contribution is -0.137. The van der Waals surface area contributed by atoms with Gasteiger partial charge in [0.25, 0.3) is 0 Å². The first-order valence-corrected chi connectivity index (χ1v) is 6.37. The number of anilines is 1. The second kappa shape index (κ2) is 5.17. The van der Waals surface area contributed by atoms with Crippen molar-refractivity contribution in [2.75, 3.05) is 18.0 Å². The summed E-state index contributed by atoms with van der Waals surface area (Å²) >= 11 is 0. The van der Waals surface area contributed by atoms with Gasteiger partial charge in [0, 0.05) is 24.3 Å². The number of carboxylic acids is 1. The van der Waals surface area contributed by atoms with Gasteiger partial charge in [-0.3, -0.25) is 4.79 Å². The average molecular weight is 266 g/mol. The van der Waals surface area contributed by atoms with E-state index in [4.69, 9.17) is 5.11 Å². The highest BCUT2D eigenvalue weighted by Gasteiger charge is 2.37. The predicted octanol–water partition coefficient (Wildman–Crippen LogP) is 1.86. The first kappa shape index (κ1) is 13.8. The molecule has 1 aromatic rings. The molecular weight excluding hydrogens is 247 g/mol. The van der Waals surface area contributed by atoms with Crippen LogP contribution >= 0.6 is 0 Å². The first-order chi connectivity index (χ1) is 8.90. The normalized spacial score (nSPS) is 22.3. The highest BCUT2D eigenvalue weighted by atomic mass is 19.1. The van der Waals surface area contributed by atoms with E-state index in [9.17, 15) is 9.18 Å². The van der Waals surface area contributed by atoms with Gasteiger partial charge in [-0.2, -0.15) is 0 Å². The van der Waals surface area contributed by atoms with Gasteiger partial charge in [-0.05, 0) is 32.0 Å². The zero-order valence-corrected chi connectivity index (χ0v) is 11.2. The fraction of sp³-hybridized carbons (Fsp3) is 0.500. The van der Waals surface area contributed by atoms with Gasteiger partial charge in [-0.25, -0.2) is 4.39 Å². The van der Waals surface area contributed by atoms with Crippen molar-refractivity contribution in [3.05, 3.63) is 30.1 Å². The van der Waals surface area contributed by atoms with Gasteiger partial charge in [-0.1, -0.05) is 6.07 Å². The van der Waals surface area contributed by atoms with Gasteiger partial charge >= 0.3 is 5.97 Å². The Morgan fingerprint density at radius 3 is 2.95 bits per heavy atom. The van der Waals surface area contributed by atoms with Crippen LogP contribution in [0.2, 0.25) is 0 Å². The average Bonchev–Trinajstić information content (AvgIpc) is 2.26. The Kier molecular flexibility index (Phi) is 3.75. The van der Waals surface area contributed by atoms with Crippen molar-refractivity contribution in [2.45, 2.75) is 31.8 Å². The highest BCUT2D eigenvalue weighted by molar-refractivity contribution is 5.69. The molecule has 0 radical (unpaired) electrons. The molecule has 104 valence electrons. The molecule has 1 fully saturated rings. The smallest absolute Gasteiger partial charge is 0.305 e. The molecule has 0 bridgehead atoms. The minimum absolute atomic E-state index is 0.0347. The highest BCUT2D eigenvalue weighted by Crippen LogP contribution is 2.30. The maximum Gasteiger partial charge on any atom is 0.305 e. The van der Waals surface area contributed by atoms with E-state index in [0.29, 0.717) is 6.54 Å². The Morgan fingerprint density at radius 1 is 1.58 bits per heavy atom. The third-order valence-electron chi connectivity index (χ3n) is 3.45. The van der Waals surface area contributed by atoms with Crippen LogP contribution in [0.15, 0.2) is 24.3 Å². The van der Waals surface area contributed by atoms with E-state index < -0.39 is 5.97 Å². The number of hydrogen-bond donors (Lipinski definition) is 2. The van der Waals surface area contributed by atoms with Crippen molar-refractivity contribution in [1.29, 1.82) is 0 Å². The molecule has 1 heterocycles. The summed E-state index contributed by atoms with van der Waals surface area (Å²) < 4.78 is 13.4. The lowest BCUT2D eigenvalue weighted by Gasteiger charge is -2.49. The molecule has 2 N–H and O–H groups in total. The number of hydrogen-bond acceptors (Lipinski definition) is 3. The zero-order valence-electron chi connectivity index (χ0n) is 11.2. The predicted molar refractivity (Wildman–Crippen MR) is 71.9 cm³/mol. The summed E-state index contributed by atoms with van der Waals surface area (Å²) in [6.07, 6.45) is 0.0347. The minimum atomic E-state index is -0.842. The lowest BCUT2D eigenvalue weighted by Crippen LogP contribution is -2.63. The van der Waals surface area contributed by atoms with E-state index in [-0.39, 0.29) is 23.8 Å². The van der Waals surface area contributed by atoms with E-state index >= 15 is 0 Å². The maximum absolute atomic E-state index is 13.4. The number of piperazine rings is 1. The van der Waals surface area contributed by atoms with Gasteiger partial charge in [0.05, 0.1) is 12.5 Å². The van der Waals surface area contributed by atoms with Gasteiger partial charge in [0.15, 0.2) is 0 Å². The molecule has 1 saturated heterocycles. The van der Waals surface area contributed by atoms with Gasteiger partial charge in [0.1, 0.15) is 5.82 Å². The summed E-state index contributed by atoms with van der Waals surface area (Å²) in [5.41, 5.74) is 0.476. The lowest BCUT2D eigenvalue weighted by atomic mass is 9.93. The second-order valence-electron chi connectivity index (χ2n) is 5.54. The molecule has 1 aliphatic rings. The first-order valence-electron chi connectivity index (χ1n) is 6.37. The number of halogens is 1. The molecule has 1 unspecified atom stereocenters. The standard InChI is InChI=1S/C14H19FN2O2/c1-14(2)9-16-8-12(7-13(18)19)17(14)11-5-3-4-10(15)6-11/h3-6,12,16H,7-9H2,1-2H3,(H,18,19). The molecule has 1 aromatic carbocycles. The summed E-state index contributed by atoms with van der Waals surface area (Å²) in [5.74, 6) is -1.15. The number of rotatable bonds is 3. The molecule has 2 rings (SSSR count). The van der Waals surface area contributed by atoms with Crippen LogP contribution in [0.4, 0.5) is 10.1 Å². The van der Waals surface area contributed by atoms with Gasteiger partial charge in [0.2, 0.25) is 0 Å². The van der Waals surface area contributed by atoms with Crippen LogP contribution in [0.1, 0.15) is 20.3 Å². The molecule has 0 spiro atoms. The summed E-state index contributed by atoms with van der Waals surface area (Å²) in [5, 5.41) is 12.3. The Bertz CT molecular complexity index is 476. The van der Waals surface area contributed by atoms with E-state index in [1.54, 1.807) is 6.07 Å². The summed E-state index contributed by atoms with van der Waals surface area (Å²) in [6, 6.07) is 6.15. The van der Waals surface area contributed by atoms with Crippen molar-refractivity contribution in [2.24, 2.45) is 0 Å². The second-order valence-corrected chi connectivity index (χ2v) is 5.54. The summed E-state index contributed by atoms with van der Waals surface area (Å²) in [6.45, 7) is 5.38. The maximum atomic E-state index is 13.4. The van der Waals surface area contributed by atoms with Crippen molar-refractivity contribution in [3.8, 4) is 0 Å². The largest absolute Gasteiger partial charge is 0.481 e. The van der Waals surface area contributed by atoms with Gasteiger partial charge in [-0.15, -0.1) is 0 Å². The molecule has 1 atom stereocenters. The fourth-order valence-corrected chi connectivity index (χ4v) is 2.77. The van der Waals surface area contributed by atoms with Gasteiger partial charge < -0.3 is 15.3 Å². The zero-order chi connectivity index (χ0) is 14.0. The van der Waals surface area contributed by atoms with Crippen LogP contribution in [-0.2, 0) is 4.79 Å². The Morgan fingerprint density at radius 2 is 2.32 bits per heavy atom. The number of carbonyl (C=O) groups is 1. The Labute approximate surface area is 112 Å². The monoisotopic (exact) mass is 266 g/mol. The molecular formula is C14H19FN2O2. The number of aliphatic carboxylic acids is 1. The molecule has 0 aromatic heterocycles. The van der Waals surface area contributed by atoms with Crippen LogP contribution in [0.25, 0.3) is 0 Å². The minimum Gasteiger partial charge on any atom is -0.481 e. The van der Waals surface area contributed by atoms with Crippen molar-refractivity contribution in [3.63, 3.8) is 0 Å². The summed E-state index contributed by atoms with van der Waals surface area (Å²) in [7, 11) is 0. The molecule has 19 heavy (non-hydrogen) atoms. The van der Waals surface area contributed by atoms with Crippen molar-refractivity contribution < 1.29 is 14.3 Å². The molecule has 4 nitrogen and oxygen atoms in total. The van der Waals surface area contributed by atoms with Crippen LogP contribution in [0.3, 0.4) is 0 Å². The van der Waals surface area contributed by atoms with E-state index in [2.05, 4.69) is 5.32 Å². The molecule has 0 amide bonds. The SMILES string of the molecule is CC1(C)CNCC(CC(=O)O)N1c1cccc(F)c1. The van der Waals surface area contributed by atoms with Crippen LogP contribution in [-0.4, -0.2) is 35.7 Å². The van der Waals surface area contributed by atoms with Crippen LogP contribution in [0.5, 0.6) is 0 Å². The summed E-state index contributed by atoms with van der Waals surface area (Å²) in [4.78, 5) is 13.0. The quantitative estimate of drug-likeness (QED) is 0.876. The number of carboxylic acid groups (broad SMARTS) is 1. The van der Waals surface area contributed by atoms with E-state index in [0.717, 1.165) is 12.2 Å². The third kappa shape index (κ3) is 3.04. The van der Waals surface area contributed by atoms with E-state index in [1.807, 2.05) is 24.8 Å². The topological polar surface area (TPSA) is 52.6 Å². The van der Waals surface area contributed by atoms with Crippen molar-refractivity contribution in [1.82, 2.24) is 5.32 Å². The molecule has 1 aliphatic heterocycles.